The summed E-state index contributed by atoms with van der Waals surface area (Å²) in [5.74, 6) is -0.815. The van der Waals surface area contributed by atoms with E-state index in [-0.39, 0.29) is 36.3 Å². The van der Waals surface area contributed by atoms with Crippen molar-refractivity contribution in [3.8, 4) is 0 Å². The smallest absolute Gasteiger partial charge is 0.242 e. The van der Waals surface area contributed by atoms with E-state index in [4.69, 9.17) is 23.2 Å². The molecule has 1 atom stereocenters. The van der Waals surface area contributed by atoms with Crippen molar-refractivity contribution >= 4 is 35.0 Å². The third-order valence-corrected chi connectivity index (χ3v) is 5.47. The van der Waals surface area contributed by atoms with Crippen LogP contribution >= 0.6 is 23.2 Å². The number of amides is 2. The number of hydrogen-bond acceptors (Lipinski definition) is 2. The zero-order valence-electron chi connectivity index (χ0n) is 17.4. The Morgan fingerprint density at radius 1 is 1.07 bits per heavy atom. The number of rotatable bonds is 9. The lowest BCUT2D eigenvalue weighted by atomic mass is 10.1. The molecule has 0 radical (unpaired) electrons. The number of halogens is 3. The second-order valence-corrected chi connectivity index (χ2v) is 8.37. The standard InChI is InChI=1S/C23H27Cl2FN2O2/c1-4-21(23(30)27-13-15(2)3)28(14-17-18(24)9-7-10-19(17)25)22(29)12-16-8-5-6-11-20(16)26/h5-11,15,21H,4,12-14H2,1-3H3,(H,27,30)/t21-/m0/s1. The maximum atomic E-state index is 14.1. The van der Waals surface area contributed by atoms with Gasteiger partial charge in [-0.1, -0.05) is 68.2 Å². The van der Waals surface area contributed by atoms with Gasteiger partial charge in [0.05, 0.1) is 6.42 Å². The fraction of sp³-hybridized carbons (Fsp3) is 0.391. The Kier molecular flexibility index (Phi) is 9.12. The largest absolute Gasteiger partial charge is 0.354 e. The molecule has 2 rings (SSSR count). The number of benzene rings is 2. The van der Waals surface area contributed by atoms with Gasteiger partial charge < -0.3 is 10.2 Å². The van der Waals surface area contributed by atoms with E-state index in [0.717, 1.165) is 0 Å². The normalized spacial score (nSPS) is 12.0. The minimum Gasteiger partial charge on any atom is -0.354 e. The minimum atomic E-state index is -0.727. The topological polar surface area (TPSA) is 49.4 Å². The first-order valence-electron chi connectivity index (χ1n) is 9.98. The number of carbonyl (C=O) groups excluding carboxylic acids is 2. The van der Waals surface area contributed by atoms with E-state index in [1.807, 2.05) is 20.8 Å². The summed E-state index contributed by atoms with van der Waals surface area (Å²) in [7, 11) is 0. The zero-order chi connectivity index (χ0) is 22.3. The Morgan fingerprint density at radius 2 is 1.70 bits per heavy atom. The van der Waals surface area contributed by atoms with Crippen LogP contribution in [0, 0.1) is 11.7 Å². The molecule has 2 aromatic rings. The van der Waals surface area contributed by atoms with Crippen LogP contribution in [-0.2, 0) is 22.6 Å². The first kappa shape index (κ1) is 24.2. The van der Waals surface area contributed by atoms with E-state index >= 15 is 0 Å². The van der Waals surface area contributed by atoms with E-state index in [9.17, 15) is 14.0 Å². The van der Waals surface area contributed by atoms with Crippen LogP contribution in [0.1, 0.15) is 38.3 Å². The highest BCUT2D eigenvalue weighted by Crippen LogP contribution is 2.27. The van der Waals surface area contributed by atoms with Crippen LogP contribution in [0.3, 0.4) is 0 Å². The molecule has 7 heteroatoms. The highest BCUT2D eigenvalue weighted by Gasteiger charge is 2.30. The van der Waals surface area contributed by atoms with Crippen molar-refractivity contribution in [1.82, 2.24) is 10.2 Å². The molecule has 4 nitrogen and oxygen atoms in total. The second-order valence-electron chi connectivity index (χ2n) is 7.55. The van der Waals surface area contributed by atoms with E-state index in [1.165, 1.54) is 11.0 Å². The molecule has 0 spiro atoms. The van der Waals surface area contributed by atoms with Gasteiger partial charge in [-0.05, 0) is 36.1 Å². The molecule has 0 aromatic heterocycles. The van der Waals surface area contributed by atoms with Crippen molar-refractivity contribution in [2.45, 2.75) is 46.2 Å². The molecule has 1 N–H and O–H groups in total. The summed E-state index contributed by atoms with van der Waals surface area (Å²) < 4.78 is 14.1. The molecule has 2 aromatic carbocycles. The molecule has 0 heterocycles. The lowest BCUT2D eigenvalue weighted by molar-refractivity contribution is -0.141. The Balaban J connectivity index is 2.36. The van der Waals surface area contributed by atoms with Gasteiger partial charge in [-0.15, -0.1) is 0 Å². The monoisotopic (exact) mass is 452 g/mol. The van der Waals surface area contributed by atoms with Gasteiger partial charge in [0.25, 0.3) is 0 Å². The first-order chi connectivity index (χ1) is 14.2. The van der Waals surface area contributed by atoms with Crippen molar-refractivity contribution in [2.75, 3.05) is 6.54 Å². The molecule has 0 saturated carbocycles. The zero-order valence-corrected chi connectivity index (χ0v) is 18.9. The molecule has 0 fully saturated rings. The Labute approximate surface area is 187 Å². The molecule has 30 heavy (non-hydrogen) atoms. The molecule has 2 amide bonds. The second kappa shape index (κ2) is 11.3. The highest BCUT2D eigenvalue weighted by molar-refractivity contribution is 6.36. The van der Waals surface area contributed by atoms with E-state index in [1.54, 1.807) is 36.4 Å². The van der Waals surface area contributed by atoms with Gasteiger partial charge >= 0.3 is 0 Å². The number of carbonyl (C=O) groups is 2. The first-order valence-corrected chi connectivity index (χ1v) is 10.7. The molecule has 162 valence electrons. The van der Waals surface area contributed by atoms with Crippen LogP contribution in [0.4, 0.5) is 4.39 Å². The molecule has 0 saturated heterocycles. The third kappa shape index (κ3) is 6.44. The SMILES string of the molecule is CC[C@@H](C(=O)NCC(C)C)N(Cc1c(Cl)cccc1Cl)C(=O)Cc1ccccc1F. The van der Waals surface area contributed by atoms with Crippen LogP contribution < -0.4 is 5.32 Å². The summed E-state index contributed by atoms with van der Waals surface area (Å²) in [6.45, 7) is 6.37. The summed E-state index contributed by atoms with van der Waals surface area (Å²) in [4.78, 5) is 27.5. The Bertz CT molecular complexity index is 869. The van der Waals surface area contributed by atoms with Gasteiger partial charge in [-0.25, -0.2) is 4.39 Å². The van der Waals surface area contributed by atoms with Crippen LogP contribution in [-0.4, -0.2) is 29.3 Å². The molecule has 0 aliphatic rings. The lowest BCUT2D eigenvalue weighted by Crippen LogP contribution is -2.50. The summed E-state index contributed by atoms with van der Waals surface area (Å²) in [5.41, 5.74) is 0.827. The molecular formula is C23H27Cl2FN2O2. The van der Waals surface area contributed by atoms with Gasteiger partial charge in [0.2, 0.25) is 11.8 Å². The summed E-state index contributed by atoms with van der Waals surface area (Å²) >= 11 is 12.6. The van der Waals surface area contributed by atoms with Crippen molar-refractivity contribution in [1.29, 1.82) is 0 Å². The van der Waals surface area contributed by atoms with E-state index in [2.05, 4.69) is 5.32 Å². The van der Waals surface area contributed by atoms with E-state index in [0.29, 0.717) is 28.6 Å². The summed E-state index contributed by atoms with van der Waals surface area (Å²) in [5, 5.41) is 3.70. The van der Waals surface area contributed by atoms with Crippen molar-refractivity contribution in [3.63, 3.8) is 0 Å². The molecule has 0 unspecified atom stereocenters. The van der Waals surface area contributed by atoms with Gasteiger partial charge in [0.15, 0.2) is 0 Å². The Hall–Kier alpha value is -2.11. The Morgan fingerprint density at radius 3 is 2.27 bits per heavy atom. The maximum Gasteiger partial charge on any atom is 0.242 e. The summed E-state index contributed by atoms with van der Waals surface area (Å²) in [6, 6.07) is 10.5. The van der Waals surface area contributed by atoms with Crippen LogP contribution in [0.2, 0.25) is 10.0 Å². The van der Waals surface area contributed by atoms with Gasteiger partial charge in [0.1, 0.15) is 11.9 Å². The molecule has 0 aliphatic heterocycles. The predicted octanol–water partition coefficient (Wildman–Crippen LogP) is 5.25. The fourth-order valence-corrected chi connectivity index (χ4v) is 3.62. The van der Waals surface area contributed by atoms with Gasteiger partial charge in [-0.3, -0.25) is 9.59 Å². The average molecular weight is 453 g/mol. The van der Waals surface area contributed by atoms with Crippen molar-refractivity contribution in [3.05, 3.63) is 69.5 Å². The summed E-state index contributed by atoms with van der Waals surface area (Å²) in [6.07, 6.45) is 0.234. The van der Waals surface area contributed by atoms with Gasteiger partial charge in [-0.2, -0.15) is 0 Å². The molecule has 0 aliphatic carbocycles. The van der Waals surface area contributed by atoms with E-state index < -0.39 is 11.9 Å². The number of nitrogens with one attached hydrogen (secondary N) is 1. The minimum absolute atomic E-state index is 0.0550. The third-order valence-electron chi connectivity index (χ3n) is 4.76. The van der Waals surface area contributed by atoms with Crippen molar-refractivity contribution < 1.29 is 14.0 Å². The predicted molar refractivity (Wildman–Crippen MR) is 119 cm³/mol. The molecular weight excluding hydrogens is 426 g/mol. The van der Waals surface area contributed by atoms with Crippen LogP contribution in [0.25, 0.3) is 0 Å². The fourth-order valence-electron chi connectivity index (χ4n) is 3.10. The van der Waals surface area contributed by atoms with Gasteiger partial charge in [0, 0.05) is 28.7 Å². The highest BCUT2D eigenvalue weighted by atomic mass is 35.5. The van der Waals surface area contributed by atoms with Crippen molar-refractivity contribution in [2.24, 2.45) is 5.92 Å². The quantitative estimate of drug-likeness (QED) is 0.564. The molecule has 0 bridgehead atoms. The van der Waals surface area contributed by atoms with Crippen LogP contribution in [0.15, 0.2) is 42.5 Å². The van der Waals surface area contributed by atoms with Crippen LogP contribution in [0.5, 0.6) is 0 Å². The average Bonchev–Trinajstić information content (AvgIpc) is 2.70. The lowest BCUT2D eigenvalue weighted by Gasteiger charge is -2.31. The number of hydrogen-bond donors (Lipinski definition) is 1. The maximum absolute atomic E-state index is 14.1. The number of nitrogens with zero attached hydrogens (tertiary/aromatic N) is 1.